The third-order valence-electron chi connectivity index (χ3n) is 2.50. The molecule has 1 atom stereocenters. The van der Waals surface area contributed by atoms with Crippen molar-refractivity contribution in [3.05, 3.63) is 35.9 Å². The molecule has 0 aliphatic carbocycles. The standard InChI is InChI=1S/C11H14O3S2/c12-16(13)9-11(7-15-8-11)14-6-10-4-2-1-3-5-10/h1-5H,6-9H2,(H,12,13)/p-1. The van der Waals surface area contributed by atoms with Crippen LogP contribution in [0.3, 0.4) is 0 Å². The van der Waals surface area contributed by atoms with E-state index in [-0.39, 0.29) is 5.75 Å². The van der Waals surface area contributed by atoms with Gasteiger partial charge in [0.1, 0.15) is 0 Å². The second-order valence-electron chi connectivity index (χ2n) is 3.90. The summed E-state index contributed by atoms with van der Waals surface area (Å²) in [6.07, 6.45) is 0. The highest BCUT2D eigenvalue weighted by Gasteiger charge is 2.39. The zero-order valence-electron chi connectivity index (χ0n) is 8.76. The van der Waals surface area contributed by atoms with Crippen LogP contribution in [-0.2, 0) is 22.4 Å². The van der Waals surface area contributed by atoms with Crippen LogP contribution in [0.25, 0.3) is 0 Å². The summed E-state index contributed by atoms with van der Waals surface area (Å²) in [6.45, 7) is 0.485. The molecule has 0 spiro atoms. The molecule has 0 N–H and O–H groups in total. The lowest BCUT2D eigenvalue weighted by Gasteiger charge is -2.41. The Labute approximate surface area is 102 Å². The zero-order chi connectivity index (χ0) is 11.4. The summed E-state index contributed by atoms with van der Waals surface area (Å²) in [7, 11) is 0. The van der Waals surface area contributed by atoms with Crippen molar-refractivity contribution in [2.45, 2.75) is 12.2 Å². The molecule has 0 amide bonds. The number of benzene rings is 1. The van der Waals surface area contributed by atoms with Crippen LogP contribution in [-0.4, -0.2) is 31.6 Å². The van der Waals surface area contributed by atoms with Crippen LogP contribution in [0.4, 0.5) is 0 Å². The van der Waals surface area contributed by atoms with Crippen molar-refractivity contribution in [2.24, 2.45) is 0 Å². The minimum absolute atomic E-state index is 0.104. The zero-order valence-corrected chi connectivity index (χ0v) is 10.4. The number of hydrogen-bond donors (Lipinski definition) is 0. The average Bonchev–Trinajstić information content (AvgIpc) is 2.23. The highest BCUT2D eigenvalue weighted by Crippen LogP contribution is 2.34. The number of rotatable bonds is 5. The largest absolute Gasteiger partial charge is 0.772 e. The highest BCUT2D eigenvalue weighted by molar-refractivity contribution is 8.01. The molecule has 1 aliphatic heterocycles. The molecule has 1 unspecified atom stereocenters. The van der Waals surface area contributed by atoms with Gasteiger partial charge >= 0.3 is 0 Å². The van der Waals surface area contributed by atoms with E-state index >= 15 is 0 Å². The van der Waals surface area contributed by atoms with E-state index in [1.165, 1.54) is 0 Å². The lowest BCUT2D eigenvalue weighted by Crippen LogP contribution is -2.50. The third-order valence-corrected chi connectivity index (χ3v) is 4.72. The summed E-state index contributed by atoms with van der Waals surface area (Å²) in [5.74, 6) is 1.65. The molecule has 0 bridgehead atoms. The van der Waals surface area contributed by atoms with Crippen LogP contribution < -0.4 is 0 Å². The smallest absolute Gasteiger partial charge is 0.0970 e. The molecule has 1 heterocycles. The van der Waals surface area contributed by atoms with Gasteiger partial charge in [-0.05, 0) is 5.56 Å². The van der Waals surface area contributed by atoms with Crippen LogP contribution in [0.15, 0.2) is 30.3 Å². The van der Waals surface area contributed by atoms with Gasteiger partial charge in [0.2, 0.25) is 0 Å². The minimum Gasteiger partial charge on any atom is -0.772 e. The van der Waals surface area contributed by atoms with E-state index < -0.39 is 16.7 Å². The summed E-state index contributed by atoms with van der Waals surface area (Å²) in [6, 6.07) is 9.81. The van der Waals surface area contributed by atoms with Crippen LogP contribution in [0.2, 0.25) is 0 Å². The van der Waals surface area contributed by atoms with E-state index in [1.54, 1.807) is 11.8 Å². The van der Waals surface area contributed by atoms with Gasteiger partial charge in [0.25, 0.3) is 0 Å². The molecule has 1 saturated heterocycles. The Kier molecular flexibility index (Phi) is 4.02. The maximum Gasteiger partial charge on any atom is 0.0970 e. The average molecular weight is 257 g/mol. The predicted molar refractivity (Wildman–Crippen MR) is 65.1 cm³/mol. The quantitative estimate of drug-likeness (QED) is 0.751. The second-order valence-corrected chi connectivity index (χ2v) is 5.78. The van der Waals surface area contributed by atoms with Crippen LogP contribution in [0.5, 0.6) is 0 Å². The fraction of sp³-hybridized carbons (Fsp3) is 0.455. The van der Waals surface area contributed by atoms with Gasteiger partial charge < -0.3 is 9.29 Å². The Morgan fingerprint density at radius 3 is 2.56 bits per heavy atom. The van der Waals surface area contributed by atoms with Crippen molar-refractivity contribution >= 4 is 22.8 Å². The van der Waals surface area contributed by atoms with Gasteiger partial charge in [0, 0.05) is 17.3 Å². The van der Waals surface area contributed by atoms with Crippen LogP contribution in [0.1, 0.15) is 5.56 Å². The Morgan fingerprint density at radius 2 is 2.06 bits per heavy atom. The minimum atomic E-state index is -2.03. The Bertz CT molecular complexity index is 363. The van der Waals surface area contributed by atoms with Gasteiger partial charge in [-0.2, -0.15) is 11.8 Å². The summed E-state index contributed by atoms with van der Waals surface area (Å²) in [5.41, 5.74) is 0.628. The van der Waals surface area contributed by atoms with Crippen molar-refractivity contribution in [1.82, 2.24) is 0 Å². The van der Waals surface area contributed by atoms with Crippen molar-refractivity contribution < 1.29 is 13.5 Å². The molecule has 2 rings (SSSR count). The molecular formula is C11H13O3S2-. The third kappa shape index (κ3) is 3.07. The molecule has 3 nitrogen and oxygen atoms in total. The van der Waals surface area contributed by atoms with E-state index in [4.69, 9.17) is 4.74 Å². The highest BCUT2D eigenvalue weighted by atomic mass is 32.2. The number of hydrogen-bond acceptors (Lipinski definition) is 4. The molecule has 1 aromatic carbocycles. The first-order valence-electron chi connectivity index (χ1n) is 5.02. The van der Waals surface area contributed by atoms with Crippen LogP contribution >= 0.6 is 11.8 Å². The lowest BCUT2D eigenvalue weighted by molar-refractivity contribution is -0.0135. The number of ether oxygens (including phenoxy) is 1. The Morgan fingerprint density at radius 1 is 1.38 bits per heavy atom. The SMILES string of the molecule is O=S([O-])CC1(OCc2ccccc2)CSC1. The molecule has 1 aromatic rings. The fourth-order valence-corrected chi connectivity index (χ4v) is 3.57. The van der Waals surface area contributed by atoms with E-state index in [0.29, 0.717) is 6.61 Å². The first-order chi connectivity index (χ1) is 7.70. The second kappa shape index (κ2) is 5.31. The summed E-state index contributed by atoms with van der Waals surface area (Å²) in [4.78, 5) is 0. The van der Waals surface area contributed by atoms with E-state index in [0.717, 1.165) is 17.1 Å². The molecular weight excluding hydrogens is 244 g/mol. The monoisotopic (exact) mass is 257 g/mol. The fourth-order valence-electron chi connectivity index (χ4n) is 1.56. The van der Waals surface area contributed by atoms with Gasteiger partial charge in [0.15, 0.2) is 0 Å². The maximum atomic E-state index is 10.7. The normalized spacial score (nSPS) is 20.1. The molecule has 1 aliphatic rings. The van der Waals surface area contributed by atoms with Gasteiger partial charge in [-0.3, -0.25) is 4.21 Å². The van der Waals surface area contributed by atoms with E-state index in [9.17, 15) is 8.76 Å². The molecule has 0 radical (unpaired) electrons. The van der Waals surface area contributed by atoms with Gasteiger partial charge in [-0.1, -0.05) is 41.4 Å². The predicted octanol–water partition coefficient (Wildman–Crippen LogP) is 1.57. The summed E-state index contributed by atoms with van der Waals surface area (Å²) >= 11 is -0.307. The van der Waals surface area contributed by atoms with Crippen LogP contribution in [0, 0.1) is 0 Å². The Hall–Kier alpha value is -0.360. The van der Waals surface area contributed by atoms with Gasteiger partial charge in [-0.25, -0.2) is 0 Å². The maximum absolute atomic E-state index is 10.7. The first-order valence-corrected chi connectivity index (χ1v) is 7.42. The van der Waals surface area contributed by atoms with E-state index in [2.05, 4.69) is 0 Å². The van der Waals surface area contributed by atoms with Crippen molar-refractivity contribution in [3.8, 4) is 0 Å². The molecule has 1 fully saturated rings. The molecule has 88 valence electrons. The summed E-state index contributed by atoms with van der Waals surface area (Å²) in [5, 5.41) is 0. The number of thioether (sulfide) groups is 1. The molecule has 0 aromatic heterocycles. The van der Waals surface area contributed by atoms with Gasteiger partial charge in [0.05, 0.1) is 12.2 Å². The molecule has 5 heteroatoms. The molecule has 0 saturated carbocycles. The van der Waals surface area contributed by atoms with Crippen molar-refractivity contribution in [1.29, 1.82) is 0 Å². The van der Waals surface area contributed by atoms with Gasteiger partial charge in [-0.15, -0.1) is 0 Å². The Balaban J connectivity index is 1.90. The van der Waals surface area contributed by atoms with E-state index in [1.807, 2.05) is 30.3 Å². The topological polar surface area (TPSA) is 49.4 Å². The summed E-state index contributed by atoms with van der Waals surface area (Å²) < 4.78 is 27.2. The van der Waals surface area contributed by atoms with Crippen molar-refractivity contribution in [2.75, 3.05) is 17.3 Å². The van der Waals surface area contributed by atoms with Crippen molar-refractivity contribution in [3.63, 3.8) is 0 Å². The lowest BCUT2D eigenvalue weighted by atomic mass is 10.1. The molecule has 16 heavy (non-hydrogen) atoms. The first kappa shape index (κ1) is 12.1.